The third-order valence-corrected chi connectivity index (χ3v) is 4.98. The maximum absolute atomic E-state index is 12.4. The molecule has 0 radical (unpaired) electrons. The summed E-state index contributed by atoms with van der Waals surface area (Å²) in [5.74, 6) is -1.51. The van der Waals surface area contributed by atoms with Crippen molar-refractivity contribution >= 4 is 16.0 Å². The molecule has 0 aliphatic rings. The fraction of sp³-hybridized carbons (Fsp3) is 0.533. The van der Waals surface area contributed by atoms with Crippen LogP contribution in [0.1, 0.15) is 32.8 Å². The highest BCUT2D eigenvalue weighted by Crippen LogP contribution is 2.17. The molecule has 0 fully saturated rings. The summed E-state index contributed by atoms with van der Waals surface area (Å²) in [6.07, 6.45) is 0.262. The Kier molecular flexibility index (Phi) is 5.92. The maximum atomic E-state index is 12.4. The zero-order valence-corrected chi connectivity index (χ0v) is 13.6. The molecule has 5 nitrogen and oxygen atoms in total. The summed E-state index contributed by atoms with van der Waals surface area (Å²) < 4.78 is 27.3. The van der Waals surface area contributed by atoms with Crippen molar-refractivity contribution in [3.05, 3.63) is 29.8 Å². The molecule has 0 amide bonds. The van der Waals surface area contributed by atoms with Gasteiger partial charge < -0.3 is 5.11 Å². The number of carboxylic acid groups (broad SMARTS) is 1. The van der Waals surface area contributed by atoms with Gasteiger partial charge in [0.1, 0.15) is 0 Å². The van der Waals surface area contributed by atoms with Gasteiger partial charge in [-0.1, -0.05) is 38.5 Å². The van der Waals surface area contributed by atoms with E-state index in [2.05, 4.69) is 4.72 Å². The molecule has 2 N–H and O–H groups in total. The average molecular weight is 313 g/mol. The molecular weight excluding hydrogens is 290 g/mol. The van der Waals surface area contributed by atoms with Crippen molar-refractivity contribution in [3.63, 3.8) is 0 Å². The van der Waals surface area contributed by atoms with Gasteiger partial charge in [0.15, 0.2) is 0 Å². The largest absolute Gasteiger partial charge is 0.481 e. The summed E-state index contributed by atoms with van der Waals surface area (Å²) in [5, 5.41) is 8.98. The monoisotopic (exact) mass is 313 g/mol. The third kappa shape index (κ3) is 5.13. The Morgan fingerprint density at radius 3 is 2.14 bits per heavy atom. The van der Waals surface area contributed by atoms with Crippen molar-refractivity contribution in [1.29, 1.82) is 0 Å². The van der Waals surface area contributed by atoms with Gasteiger partial charge in [-0.3, -0.25) is 4.79 Å². The summed E-state index contributed by atoms with van der Waals surface area (Å²) in [5.41, 5.74) is 0.980. The van der Waals surface area contributed by atoms with E-state index < -0.39 is 28.0 Å². The van der Waals surface area contributed by atoms with Gasteiger partial charge in [-0.15, -0.1) is 0 Å². The van der Waals surface area contributed by atoms with Crippen LogP contribution >= 0.6 is 0 Å². The second-order valence-corrected chi connectivity index (χ2v) is 7.47. The van der Waals surface area contributed by atoms with E-state index in [1.807, 2.05) is 20.8 Å². The lowest BCUT2D eigenvalue weighted by molar-refractivity contribution is -0.141. The van der Waals surface area contributed by atoms with Gasteiger partial charge in [0.25, 0.3) is 0 Å². The summed E-state index contributed by atoms with van der Waals surface area (Å²) >= 11 is 0. The number of aliphatic carboxylic acids is 1. The average Bonchev–Trinajstić information content (AvgIpc) is 2.37. The minimum Gasteiger partial charge on any atom is -0.481 e. The zero-order valence-electron chi connectivity index (χ0n) is 12.8. The SMILES string of the molecule is Cc1ccc(S(=O)(=O)N[C@H](C[C@H](C)C(=O)O)C(C)C)cc1. The van der Waals surface area contributed by atoms with Crippen molar-refractivity contribution in [2.24, 2.45) is 11.8 Å². The van der Waals surface area contributed by atoms with E-state index in [4.69, 9.17) is 5.11 Å². The lowest BCUT2D eigenvalue weighted by Crippen LogP contribution is -2.40. The fourth-order valence-corrected chi connectivity index (χ4v) is 3.32. The predicted octanol–water partition coefficient (Wildman–Crippen LogP) is 2.41. The van der Waals surface area contributed by atoms with E-state index in [1.54, 1.807) is 31.2 Å². The van der Waals surface area contributed by atoms with Crippen molar-refractivity contribution in [1.82, 2.24) is 4.72 Å². The summed E-state index contributed by atoms with van der Waals surface area (Å²) in [6, 6.07) is 6.16. The van der Waals surface area contributed by atoms with E-state index in [0.717, 1.165) is 5.56 Å². The number of benzene rings is 1. The highest BCUT2D eigenvalue weighted by atomic mass is 32.2. The van der Waals surface area contributed by atoms with Crippen molar-refractivity contribution in [2.45, 2.75) is 45.1 Å². The Bertz CT molecular complexity index is 578. The number of carbonyl (C=O) groups is 1. The molecule has 0 aliphatic heterocycles. The Morgan fingerprint density at radius 1 is 1.19 bits per heavy atom. The molecule has 2 atom stereocenters. The lowest BCUT2D eigenvalue weighted by atomic mass is 9.94. The molecule has 1 aromatic carbocycles. The Morgan fingerprint density at radius 2 is 1.71 bits per heavy atom. The van der Waals surface area contributed by atoms with Gasteiger partial charge in [-0.25, -0.2) is 13.1 Å². The first-order valence-corrected chi connectivity index (χ1v) is 8.43. The fourth-order valence-electron chi connectivity index (χ4n) is 1.92. The molecule has 0 bridgehead atoms. The second-order valence-electron chi connectivity index (χ2n) is 5.76. The highest BCUT2D eigenvalue weighted by Gasteiger charge is 2.26. The van der Waals surface area contributed by atoms with E-state index in [1.165, 1.54) is 0 Å². The van der Waals surface area contributed by atoms with Crippen molar-refractivity contribution < 1.29 is 18.3 Å². The number of hydrogen-bond acceptors (Lipinski definition) is 3. The smallest absolute Gasteiger partial charge is 0.306 e. The number of rotatable bonds is 7. The molecule has 1 rings (SSSR count). The molecule has 0 spiro atoms. The molecule has 0 saturated heterocycles. The Hall–Kier alpha value is -1.40. The first-order valence-electron chi connectivity index (χ1n) is 6.95. The van der Waals surface area contributed by atoms with E-state index >= 15 is 0 Å². The topological polar surface area (TPSA) is 83.5 Å². The van der Waals surface area contributed by atoms with Crippen LogP contribution in [0.2, 0.25) is 0 Å². The van der Waals surface area contributed by atoms with E-state index in [0.29, 0.717) is 0 Å². The zero-order chi connectivity index (χ0) is 16.2. The van der Waals surface area contributed by atoms with Crippen LogP contribution < -0.4 is 4.72 Å². The third-order valence-electron chi connectivity index (χ3n) is 3.47. The molecule has 0 heterocycles. The molecule has 0 aromatic heterocycles. The Balaban J connectivity index is 2.92. The van der Waals surface area contributed by atoms with Crippen LogP contribution in [0.4, 0.5) is 0 Å². The van der Waals surface area contributed by atoms with Crippen LogP contribution in [0, 0.1) is 18.8 Å². The molecule has 0 unspecified atom stereocenters. The van der Waals surface area contributed by atoms with E-state index in [-0.39, 0.29) is 17.2 Å². The standard InChI is InChI=1S/C15H23NO4S/c1-10(2)14(9-12(4)15(17)18)16-21(19,20)13-7-5-11(3)6-8-13/h5-8,10,12,14,16H,9H2,1-4H3,(H,17,18)/t12-,14+/m0/s1. The van der Waals surface area contributed by atoms with Crippen LogP contribution in [0.3, 0.4) is 0 Å². The predicted molar refractivity (Wildman–Crippen MR) is 81.5 cm³/mol. The number of aryl methyl sites for hydroxylation is 1. The summed E-state index contributed by atoms with van der Waals surface area (Å²) in [4.78, 5) is 11.1. The quantitative estimate of drug-likeness (QED) is 0.809. The van der Waals surface area contributed by atoms with Crippen LogP contribution in [0.25, 0.3) is 0 Å². The molecule has 0 saturated carbocycles. The molecule has 0 aliphatic carbocycles. The maximum Gasteiger partial charge on any atom is 0.306 e. The van der Waals surface area contributed by atoms with Gasteiger partial charge in [0, 0.05) is 6.04 Å². The molecule has 118 valence electrons. The van der Waals surface area contributed by atoms with Gasteiger partial charge in [0.05, 0.1) is 10.8 Å². The van der Waals surface area contributed by atoms with Crippen LogP contribution in [0.5, 0.6) is 0 Å². The Labute approximate surface area is 126 Å². The van der Waals surface area contributed by atoms with Crippen LogP contribution in [-0.2, 0) is 14.8 Å². The van der Waals surface area contributed by atoms with Gasteiger partial charge in [-0.05, 0) is 31.4 Å². The first kappa shape index (κ1) is 17.7. The normalized spacial score (nSPS) is 14.9. The van der Waals surface area contributed by atoms with Crippen molar-refractivity contribution in [2.75, 3.05) is 0 Å². The van der Waals surface area contributed by atoms with Crippen LogP contribution in [-0.4, -0.2) is 25.5 Å². The van der Waals surface area contributed by atoms with Gasteiger partial charge >= 0.3 is 5.97 Å². The lowest BCUT2D eigenvalue weighted by Gasteiger charge is -2.24. The summed E-state index contributed by atoms with van der Waals surface area (Å²) in [6.45, 7) is 7.21. The van der Waals surface area contributed by atoms with E-state index in [9.17, 15) is 13.2 Å². The number of nitrogens with one attached hydrogen (secondary N) is 1. The first-order chi connectivity index (χ1) is 9.63. The van der Waals surface area contributed by atoms with Crippen molar-refractivity contribution in [3.8, 4) is 0 Å². The molecule has 21 heavy (non-hydrogen) atoms. The minimum absolute atomic E-state index is 0.00650. The summed E-state index contributed by atoms with van der Waals surface area (Å²) in [7, 11) is -3.64. The number of carboxylic acids is 1. The number of sulfonamides is 1. The second kappa shape index (κ2) is 7.04. The minimum atomic E-state index is -3.64. The molecular formula is C15H23NO4S. The highest BCUT2D eigenvalue weighted by molar-refractivity contribution is 7.89. The molecule has 6 heteroatoms. The van der Waals surface area contributed by atoms with Gasteiger partial charge in [-0.2, -0.15) is 0 Å². The van der Waals surface area contributed by atoms with Gasteiger partial charge in [0.2, 0.25) is 10.0 Å². The number of hydrogen-bond donors (Lipinski definition) is 2. The molecule has 1 aromatic rings. The van der Waals surface area contributed by atoms with Crippen LogP contribution in [0.15, 0.2) is 29.2 Å².